The Hall–Kier alpha value is -0.800. The van der Waals surface area contributed by atoms with Crippen LogP contribution in [0, 0.1) is 0 Å². The summed E-state index contributed by atoms with van der Waals surface area (Å²) in [5, 5.41) is 0. The lowest BCUT2D eigenvalue weighted by atomic mass is 9.74. The van der Waals surface area contributed by atoms with Gasteiger partial charge in [-0.05, 0) is 46.1 Å². The SMILES string of the molecule is CCc1c(C(C)(C)C)cc(C(=O)[P+](O)(O)O)cc1C(C)(C)C. The van der Waals surface area contributed by atoms with Gasteiger partial charge in [-0.15, -0.1) is 0 Å². The van der Waals surface area contributed by atoms with E-state index in [-0.39, 0.29) is 16.4 Å². The summed E-state index contributed by atoms with van der Waals surface area (Å²) in [6, 6.07) is 3.38. The van der Waals surface area contributed by atoms with Crippen molar-refractivity contribution >= 4 is 13.5 Å². The molecule has 5 heteroatoms. The zero-order valence-corrected chi connectivity index (χ0v) is 15.5. The van der Waals surface area contributed by atoms with Gasteiger partial charge in [-0.2, -0.15) is 14.7 Å². The lowest BCUT2D eigenvalue weighted by Crippen LogP contribution is -2.22. The molecule has 1 rings (SSSR count). The average Bonchev–Trinajstić information content (AvgIpc) is 2.32. The van der Waals surface area contributed by atoms with Gasteiger partial charge in [0.1, 0.15) is 0 Å². The molecule has 0 saturated carbocycles. The standard InChI is InChI=1S/C17H28O4P/c1-8-12-13(16(2,3)4)9-11(15(18)22(19,20)21)10-14(12)17(5,6)7/h9-10,19-21H,8H2,1-7H3/q+1. The first-order valence-electron chi connectivity index (χ1n) is 7.49. The highest BCUT2D eigenvalue weighted by Gasteiger charge is 2.44. The van der Waals surface area contributed by atoms with E-state index in [2.05, 4.69) is 48.5 Å². The van der Waals surface area contributed by atoms with Gasteiger partial charge in [0.05, 0.1) is 5.56 Å². The van der Waals surface area contributed by atoms with Crippen molar-refractivity contribution in [1.82, 2.24) is 0 Å². The van der Waals surface area contributed by atoms with Gasteiger partial charge in [0.2, 0.25) is 0 Å². The van der Waals surface area contributed by atoms with Crippen LogP contribution < -0.4 is 0 Å². The number of hydrogen-bond acceptors (Lipinski definition) is 4. The molecule has 3 N–H and O–H groups in total. The zero-order chi connectivity index (χ0) is 17.5. The lowest BCUT2D eigenvalue weighted by molar-refractivity contribution is 0.102. The molecule has 4 nitrogen and oxygen atoms in total. The predicted molar refractivity (Wildman–Crippen MR) is 91.1 cm³/mol. The van der Waals surface area contributed by atoms with Gasteiger partial charge in [-0.3, -0.25) is 0 Å². The molecule has 22 heavy (non-hydrogen) atoms. The van der Waals surface area contributed by atoms with Gasteiger partial charge in [0.15, 0.2) is 0 Å². The Bertz CT molecular complexity index is 537. The third kappa shape index (κ3) is 4.14. The summed E-state index contributed by atoms with van der Waals surface area (Å²) in [6.07, 6.45) is 0.825. The molecule has 0 aliphatic carbocycles. The topological polar surface area (TPSA) is 77.8 Å². The molecule has 124 valence electrons. The third-order valence-electron chi connectivity index (χ3n) is 3.74. The van der Waals surface area contributed by atoms with Crippen LogP contribution in [0.1, 0.15) is 75.5 Å². The fourth-order valence-electron chi connectivity index (χ4n) is 2.69. The largest absolute Gasteiger partial charge is 0.483 e. The Morgan fingerprint density at radius 2 is 1.32 bits per heavy atom. The Kier molecular flexibility index (Phi) is 5.26. The first-order chi connectivity index (χ1) is 9.69. The Morgan fingerprint density at radius 3 is 1.55 bits per heavy atom. The highest BCUT2D eigenvalue weighted by Crippen LogP contribution is 2.49. The van der Waals surface area contributed by atoms with E-state index in [0.29, 0.717) is 0 Å². The Morgan fingerprint density at radius 1 is 0.955 bits per heavy atom. The molecule has 1 aromatic carbocycles. The van der Waals surface area contributed by atoms with Gasteiger partial charge < -0.3 is 0 Å². The van der Waals surface area contributed by atoms with E-state index in [9.17, 15) is 19.5 Å². The van der Waals surface area contributed by atoms with Gasteiger partial charge in [-0.25, -0.2) is 4.79 Å². The van der Waals surface area contributed by atoms with Crippen LogP contribution in [-0.2, 0) is 17.3 Å². The molecule has 0 atom stereocenters. The van der Waals surface area contributed by atoms with Gasteiger partial charge in [-0.1, -0.05) is 48.5 Å². The summed E-state index contributed by atoms with van der Waals surface area (Å²) in [5.41, 5.74) is 1.96. The van der Waals surface area contributed by atoms with Gasteiger partial charge in [0, 0.05) is 0 Å². The van der Waals surface area contributed by atoms with Crippen LogP contribution in [0.5, 0.6) is 0 Å². The maximum Gasteiger partial charge on any atom is 0.483 e. The highest BCUT2D eigenvalue weighted by molar-refractivity contribution is 7.76. The molecule has 1 aromatic rings. The van der Waals surface area contributed by atoms with Crippen LogP contribution in [0.15, 0.2) is 12.1 Å². The summed E-state index contributed by atoms with van der Waals surface area (Å²) in [4.78, 5) is 40.1. The number of rotatable bonds is 3. The molecule has 0 aliphatic heterocycles. The highest BCUT2D eigenvalue weighted by atomic mass is 31.2. The minimum atomic E-state index is -4.54. The predicted octanol–water partition coefficient (Wildman–Crippen LogP) is 3.72. The normalized spacial score (nSPS) is 13.4. The Labute approximate surface area is 133 Å². The van der Waals surface area contributed by atoms with Crippen molar-refractivity contribution in [3.8, 4) is 0 Å². The molecule has 0 saturated heterocycles. The summed E-state index contributed by atoms with van der Waals surface area (Å²) < 4.78 is 0. The van der Waals surface area contributed by atoms with Gasteiger partial charge >= 0.3 is 13.5 Å². The van der Waals surface area contributed by atoms with Crippen molar-refractivity contribution in [1.29, 1.82) is 0 Å². The molecular weight excluding hydrogens is 299 g/mol. The van der Waals surface area contributed by atoms with E-state index in [1.807, 2.05) is 0 Å². The van der Waals surface area contributed by atoms with Crippen LogP contribution >= 0.6 is 7.94 Å². The molecule has 0 bridgehead atoms. The number of carbonyl (C=O) groups excluding carboxylic acids is 1. The van der Waals surface area contributed by atoms with Crippen LogP contribution in [0.3, 0.4) is 0 Å². The average molecular weight is 327 g/mol. The quantitative estimate of drug-likeness (QED) is 0.739. The first-order valence-corrected chi connectivity index (χ1v) is 9.14. The maximum atomic E-state index is 12.1. The fraction of sp³-hybridized carbons (Fsp3) is 0.588. The van der Waals surface area contributed by atoms with Crippen LogP contribution in [0.25, 0.3) is 0 Å². The second-order valence-electron chi connectivity index (χ2n) is 7.78. The maximum absolute atomic E-state index is 12.1. The van der Waals surface area contributed by atoms with E-state index in [4.69, 9.17) is 0 Å². The smallest absolute Gasteiger partial charge is 0.238 e. The number of hydrogen-bond donors (Lipinski definition) is 3. The molecule has 0 heterocycles. The number of carbonyl (C=O) groups is 1. The van der Waals surface area contributed by atoms with Crippen LogP contribution in [-0.4, -0.2) is 20.2 Å². The Balaban J connectivity index is 3.75. The van der Waals surface area contributed by atoms with E-state index in [1.165, 1.54) is 5.56 Å². The molecule has 0 aliphatic rings. The van der Waals surface area contributed by atoms with E-state index in [1.54, 1.807) is 12.1 Å². The van der Waals surface area contributed by atoms with E-state index in [0.717, 1.165) is 17.5 Å². The molecule has 0 amide bonds. The van der Waals surface area contributed by atoms with E-state index >= 15 is 0 Å². The second-order valence-corrected chi connectivity index (χ2v) is 9.32. The lowest BCUT2D eigenvalue weighted by Gasteiger charge is -2.30. The van der Waals surface area contributed by atoms with E-state index < -0.39 is 13.5 Å². The van der Waals surface area contributed by atoms with Crippen molar-refractivity contribution in [2.24, 2.45) is 0 Å². The summed E-state index contributed by atoms with van der Waals surface area (Å²) in [7, 11) is -4.54. The number of benzene rings is 1. The molecular formula is C17H28O4P+. The summed E-state index contributed by atoms with van der Waals surface area (Å²) in [6.45, 7) is 14.4. The summed E-state index contributed by atoms with van der Waals surface area (Å²) in [5.74, 6) is 0. The van der Waals surface area contributed by atoms with Crippen molar-refractivity contribution < 1.29 is 19.5 Å². The molecule has 0 radical (unpaired) electrons. The van der Waals surface area contributed by atoms with Crippen molar-refractivity contribution in [3.05, 3.63) is 34.4 Å². The summed E-state index contributed by atoms with van der Waals surface area (Å²) >= 11 is 0. The minimum absolute atomic E-state index is 0.160. The van der Waals surface area contributed by atoms with Gasteiger partial charge in [0.25, 0.3) is 0 Å². The van der Waals surface area contributed by atoms with Crippen LogP contribution in [0.2, 0.25) is 0 Å². The molecule has 0 unspecified atom stereocenters. The fourth-order valence-corrected chi connectivity index (χ4v) is 3.16. The first kappa shape index (κ1) is 19.2. The minimum Gasteiger partial charge on any atom is -0.238 e. The second kappa shape index (κ2) is 6.01. The molecule has 0 spiro atoms. The van der Waals surface area contributed by atoms with Crippen LogP contribution in [0.4, 0.5) is 0 Å². The van der Waals surface area contributed by atoms with Crippen molar-refractivity contribution in [2.75, 3.05) is 0 Å². The monoisotopic (exact) mass is 327 g/mol. The molecule has 0 aromatic heterocycles. The molecule has 0 fully saturated rings. The zero-order valence-electron chi connectivity index (χ0n) is 14.6. The van der Waals surface area contributed by atoms with Crippen molar-refractivity contribution in [2.45, 2.75) is 65.7 Å². The third-order valence-corrected chi connectivity index (χ3v) is 4.54. The van der Waals surface area contributed by atoms with Crippen molar-refractivity contribution in [3.63, 3.8) is 0 Å².